The van der Waals surface area contributed by atoms with Crippen LogP contribution in [0.15, 0.2) is 59.8 Å². The van der Waals surface area contributed by atoms with E-state index in [9.17, 15) is 0 Å². The minimum atomic E-state index is 0.903. The number of thioether (sulfide) groups is 1. The number of hydrogen-bond donors (Lipinski definition) is 0. The molecule has 0 saturated heterocycles. The smallest absolute Gasteiger partial charge is 0.191 e. The van der Waals surface area contributed by atoms with E-state index in [2.05, 4.69) is 70.2 Å². The zero-order chi connectivity index (χ0) is 14.7. The van der Waals surface area contributed by atoms with Gasteiger partial charge < -0.3 is 4.57 Å². The number of rotatable bonds is 4. The van der Waals surface area contributed by atoms with Crippen molar-refractivity contribution >= 4 is 11.8 Å². The molecule has 0 atom stereocenters. The van der Waals surface area contributed by atoms with Crippen molar-refractivity contribution in [2.75, 3.05) is 0 Å². The minimum absolute atomic E-state index is 0.903. The molecule has 0 radical (unpaired) electrons. The maximum Gasteiger partial charge on any atom is 0.191 e. The molecule has 1 heterocycles. The summed E-state index contributed by atoms with van der Waals surface area (Å²) in [5.41, 5.74) is 3.63. The molecule has 0 amide bonds. The van der Waals surface area contributed by atoms with Crippen molar-refractivity contribution in [2.24, 2.45) is 7.05 Å². The first kappa shape index (κ1) is 13.9. The Kier molecular flexibility index (Phi) is 4.06. The van der Waals surface area contributed by atoms with Crippen molar-refractivity contribution in [2.45, 2.75) is 17.8 Å². The lowest BCUT2D eigenvalue weighted by Gasteiger charge is -2.04. The van der Waals surface area contributed by atoms with Crippen LogP contribution in [-0.2, 0) is 12.8 Å². The number of aryl methyl sites for hydroxylation is 1. The van der Waals surface area contributed by atoms with Gasteiger partial charge in [-0.25, -0.2) is 0 Å². The normalized spacial score (nSPS) is 10.8. The lowest BCUT2D eigenvalue weighted by Crippen LogP contribution is -1.95. The second-order valence-corrected chi connectivity index (χ2v) is 5.95. The maximum atomic E-state index is 4.33. The highest BCUT2D eigenvalue weighted by Crippen LogP contribution is 2.25. The van der Waals surface area contributed by atoms with Crippen LogP contribution in [-0.4, -0.2) is 14.8 Å². The topological polar surface area (TPSA) is 30.7 Å². The maximum absolute atomic E-state index is 4.33. The lowest BCUT2D eigenvalue weighted by atomic mass is 10.1. The Morgan fingerprint density at radius 1 is 1.00 bits per heavy atom. The van der Waals surface area contributed by atoms with Crippen molar-refractivity contribution < 1.29 is 0 Å². The van der Waals surface area contributed by atoms with Crippen LogP contribution in [0.1, 0.15) is 11.1 Å². The van der Waals surface area contributed by atoms with Crippen LogP contribution >= 0.6 is 11.8 Å². The summed E-state index contributed by atoms with van der Waals surface area (Å²) < 4.78 is 2.06. The molecule has 3 rings (SSSR count). The number of hydrogen-bond acceptors (Lipinski definition) is 3. The molecule has 0 bridgehead atoms. The summed E-state index contributed by atoms with van der Waals surface area (Å²) in [6.45, 7) is 2.09. The summed E-state index contributed by atoms with van der Waals surface area (Å²) in [6.07, 6.45) is 0. The highest BCUT2D eigenvalue weighted by atomic mass is 32.2. The van der Waals surface area contributed by atoms with E-state index in [1.54, 1.807) is 11.8 Å². The molecule has 0 fully saturated rings. The lowest BCUT2D eigenvalue weighted by molar-refractivity contribution is 0.794. The van der Waals surface area contributed by atoms with Crippen LogP contribution in [0.4, 0.5) is 0 Å². The van der Waals surface area contributed by atoms with Gasteiger partial charge in [-0.2, -0.15) is 0 Å². The fraction of sp³-hybridized carbons (Fsp3) is 0.176. The van der Waals surface area contributed by atoms with Gasteiger partial charge in [-0.3, -0.25) is 0 Å². The summed E-state index contributed by atoms with van der Waals surface area (Å²) in [5, 5.41) is 9.58. The molecule has 0 unspecified atom stereocenters. The molecule has 0 aliphatic rings. The van der Waals surface area contributed by atoms with Gasteiger partial charge in [-0.15, -0.1) is 10.2 Å². The third-order valence-corrected chi connectivity index (χ3v) is 4.41. The molecule has 21 heavy (non-hydrogen) atoms. The van der Waals surface area contributed by atoms with E-state index < -0.39 is 0 Å². The van der Waals surface area contributed by atoms with Crippen molar-refractivity contribution in [3.8, 4) is 11.4 Å². The van der Waals surface area contributed by atoms with Gasteiger partial charge in [0.15, 0.2) is 11.0 Å². The predicted molar refractivity (Wildman–Crippen MR) is 87.2 cm³/mol. The second kappa shape index (κ2) is 6.14. The molecule has 3 aromatic rings. The third kappa shape index (κ3) is 3.16. The van der Waals surface area contributed by atoms with Crippen LogP contribution in [0, 0.1) is 6.92 Å². The second-order valence-electron chi connectivity index (χ2n) is 5.01. The van der Waals surface area contributed by atoms with Crippen LogP contribution in [0.2, 0.25) is 0 Å². The van der Waals surface area contributed by atoms with Crippen molar-refractivity contribution in [1.29, 1.82) is 0 Å². The first-order valence-corrected chi connectivity index (χ1v) is 7.86. The Labute approximate surface area is 129 Å². The van der Waals surface area contributed by atoms with E-state index in [1.807, 2.05) is 13.1 Å². The Morgan fingerprint density at radius 3 is 2.57 bits per heavy atom. The van der Waals surface area contributed by atoms with E-state index in [4.69, 9.17) is 0 Å². The monoisotopic (exact) mass is 295 g/mol. The highest BCUT2D eigenvalue weighted by Gasteiger charge is 2.11. The van der Waals surface area contributed by atoms with Gasteiger partial charge in [0.1, 0.15) is 0 Å². The summed E-state index contributed by atoms with van der Waals surface area (Å²) >= 11 is 1.71. The fourth-order valence-corrected chi connectivity index (χ4v) is 3.07. The van der Waals surface area contributed by atoms with Gasteiger partial charge in [-0.05, 0) is 18.6 Å². The molecular formula is C17H17N3S. The average Bonchev–Trinajstić information content (AvgIpc) is 2.87. The first-order valence-electron chi connectivity index (χ1n) is 6.87. The first-order chi connectivity index (χ1) is 10.2. The van der Waals surface area contributed by atoms with Crippen LogP contribution in [0.25, 0.3) is 11.4 Å². The minimum Gasteiger partial charge on any atom is -0.305 e. The van der Waals surface area contributed by atoms with Crippen LogP contribution in [0.3, 0.4) is 0 Å². The zero-order valence-corrected chi connectivity index (χ0v) is 13.0. The molecule has 0 saturated carbocycles. The number of nitrogens with zero attached hydrogens (tertiary/aromatic N) is 3. The van der Waals surface area contributed by atoms with E-state index in [1.165, 1.54) is 11.1 Å². The van der Waals surface area contributed by atoms with Gasteiger partial charge in [0.25, 0.3) is 0 Å². The Balaban J connectivity index is 1.80. The molecule has 4 heteroatoms. The summed E-state index contributed by atoms with van der Waals surface area (Å²) in [7, 11) is 2.02. The van der Waals surface area contributed by atoms with Crippen molar-refractivity contribution in [3.63, 3.8) is 0 Å². The third-order valence-electron chi connectivity index (χ3n) is 3.32. The van der Waals surface area contributed by atoms with Gasteiger partial charge in [0.05, 0.1) is 0 Å². The van der Waals surface area contributed by atoms with Crippen molar-refractivity contribution in [1.82, 2.24) is 14.8 Å². The predicted octanol–water partition coefficient (Wildman–Crippen LogP) is 4.08. The molecule has 0 N–H and O–H groups in total. The molecule has 106 valence electrons. The van der Waals surface area contributed by atoms with Gasteiger partial charge in [-0.1, -0.05) is 65.9 Å². The standard InChI is InChI=1S/C17H17N3S/c1-13-7-6-10-15(11-13)16-18-19-17(20(16)2)21-12-14-8-4-3-5-9-14/h3-11H,12H2,1-2H3. The molecule has 0 aliphatic carbocycles. The van der Waals surface area contributed by atoms with E-state index in [0.29, 0.717) is 0 Å². The van der Waals surface area contributed by atoms with Crippen LogP contribution < -0.4 is 0 Å². The summed E-state index contributed by atoms with van der Waals surface area (Å²) in [6, 6.07) is 18.8. The number of benzene rings is 2. The Morgan fingerprint density at radius 2 is 1.81 bits per heavy atom. The summed E-state index contributed by atoms with van der Waals surface area (Å²) in [4.78, 5) is 0. The van der Waals surface area contributed by atoms with E-state index in [0.717, 1.165) is 22.3 Å². The van der Waals surface area contributed by atoms with Gasteiger partial charge in [0, 0.05) is 18.4 Å². The SMILES string of the molecule is Cc1cccc(-c2nnc(SCc3ccccc3)n2C)c1. The fourth-order valence-electron chi connectivity index (χ4n) is 2.20. The number of aromatic nitrogens is 3. The molecule has 2 aromatic carbocycles. The molecule has 1 aromatic heterocycles. The Bertz CT molecular complexity index is 735. The summed E-state index contributed by atoms with van der Waals surface area (Å²) in [5.74, 6) is 1.81. The molecular weight excluding hydrogens is 278 g/mol. The van der Waals surface area contributed by atoms with Crippen molar-refractivity contribution in [3.05, 3.63) is 65.7 Å². The quantitative estimate of drug-likeness (QED) is 0.679. The Hall–Kier alpha value is -2.07. The molecule has 3 nitrogen and oxygen atoms in total. The van der Waals surface area contributed by atoms with Crippen LogP contribution in [0.5, 0.6) is 0 Å². The molecule has 0 aliphatic heterocycles. The van der Waals surface area contributed by atoms with Gasteiger partial charge >= 0.3 is 0 Å². The highest BCUT2D eigenvalue weighted by molar-refractivity contribution is 7.98. The zero-order valence-electron chi connectivity index (χ0n) is 12.2. The van der Waals surface area contributed by atoms with E-state index >= 15 is 0 Å². The van der Waals surface area contributed by atoms with E-state index in [-0.39, 0.29) is 0 Å². The largest absolute Gasteiger partial charge is 0.305 e. The average molecular weight is 295 g/mol. The van der Waals surface area contributed by atoms with Gasteiger partial charge in [0.2, 0.25) is 0 Å². The molecule has 0 spiro atoms.